The number of ketones is 1. The number of hydrogen-bond donors (Lipinski definition) is 0. The minimum absolute atomic E-state index is 0.155. The number of ether oxygens (including phenoxy) is 2. The summed E-state index contributed by atoms with van der Waals surface area (Å²) in [6.45, 7) is 14.7. The minimum atomic E-state index is -1.21. The fourth-order valence-corrected chi connectivity index (χ4v) is 6.29. The maximum atomic E-state index is 12.6. The number of unbranched alkanes of at least 4 members (excludes halogenated alkanes) is 4. The van der Waals surface area contributed by atoms with E-state index in [1.54, 1.807) is 32.9 Å². The van der Waals surface area contributed by atoms with E-state index < -0.39 is 25.9 Å². The molecule has 0 aliphatic carbocycles. The standard InChI is InChI=1S/C33H49N2O8P/c1-24(2)35(25(3)4)44(40-21-13-19-34)39-20-12-10-8-9-11-14-27(36)16-15-26-22-31(37)42-30-23-28(17-18-29(26)30)41-32(38)43-33(5,6)7/h17-18,22-25H,8-16,20-21H2,1-7H3. The third-order valence-electron chi connectivity index (χ3n) is 6.53. The van der Waals surface area contributed by atoms with Crippen molar-refractivity contribution < 1.29 is 32.5 Å². The lowest BCUT2D eigenvalue weighted by Crippen LogP contribution is -2.33. The fraction of sp³-hybridized carbons (Fsp3) is 0.636. The van der Waals surface area contributed by atoms with Crippen molar-refractivity contribution in [2.24, 2.45) is 0 Å². The number of benzene rings is 1. The van der Waals surface area contributed by atoms with E-state index in [1.807, 2.05) is 0 Å². The van der Waals surface area contributed by atoms with E-state index in [1.165, 1.54) is 12.1 Å². The number of carbonyl (C=O) groups excluding carboxylic acids is 2. The highest BCUT2D eigenvalue weighted by Crippen LogP contribution is 2.46. The molecule has 0 fully saturated rings. The average molecular weight is 633 g/mol. The molecule has 1 heterocycles. The maximum Gasteiger partial charge on any atom is 0.514 e. The summed E-state index contributed by atoms with van der Waals surface area (Å²) in [6, 6.07) is 8.88. The summed E-state index contributed by atoms with van der Waals surface area (Å²) in [5.74, 6) is 0.356. The van der Waals surface area contributed by atoms with Crippen molar-refractivity contribution in [1.29, 1.82) is 5.26 Å². The molecule has 10 nitrogen and oxygen atoms in total. The Morgan fingerprint density at radius 1 is 0.955 bits per heavy atom. The first-order valence-corrected chi connectivity index (χ1v) is 16.6. The van der Waals surface area contributed by atoms with Gasteiger partial charge in [0.05, 0.1) is 25.7 Å². The van der Waals surface area contributed by atoms with E-state index in [2.05, 4.69) is 38.4 Å². The van der Waals surface area contributed by atoms with Crippen LogP contribution in [0.4, 0.5) is 4.79 Å². The van der Waals surface area contributed by atoms with Gasteiger partial charge in [-0.25, -0.2) is 14.3 Å². The van der Waals surface area contributed by atoms with Gasteiger partial charge in [0.25, 0.3) is 8.53 Å². The number of nitriles is 1. The summed E-state index contributed by atoms with van der Waals surface area (Å²) < 4.78 is 30.0. The number of rotatable bonds is 19. The zero-order valence-corrected chi connectivity index (χ0v) is 28.2. The molecule has 0 aliphatic rings. The lowest BCUT2D eigenvalue weighted by molar-refractivity contribution is -0.119. The summed E-state index contributed by atoms with van der Waals surface area (Å²) in [6.07, 6.45) is 5.46. The van der Waals surface area contributed by atoms with Crippen LogP contribution in [0.5, 0.6) is 5.75 Å². The molecule has 2 aromatic rings. The second-order valence-electron chi connectivity index (χ2n) is 12.3. The first-order valence-electron chi connectivity index (χ1n) is 15.5. The zero-order valence-electron chi connectivity index (χ0n) is 27.3. The fourth-order valence-electron chi connectivity index (χ4n) is 4.66. The average Bonchev–Trinajstić information content (AvgIpc) is 2.91. The van der Waals surface area contributed by atoms with Gasteiger partial charge in [0.15, 0.2) is 0 Å². The Morgan fingerprint density at radius 2 is 1.61 bits per heavy atom. The van der Waals surface area contributed by atoms with E-state index >= 15 is 0 Å². The molecule has 0 bridgehead atoms. The minimum Gasteiger partial charge on any atom is -0.428 e. The van der Waals surface area contributed by atoms with Crippen LogP contribution in [0.1, 0.15) is 105 Å². The van der Waals surface area contributed by atoms with Crippen LogP contribution in [-0.2, 0) is 25.0 Å². The smallest absolute Gasteiger partial charge is 0.428 e. The SMILES string of the molecule is CC(C)N(C(C)C)P(OCCC#N)OCCCCCCCC(=O)CCc1cc(=O)oc2cc(OC(=O)OC(C)(C)C)ccc12. The number of Topliss-reactive ketones (excluding diaryl/α,β-unsaturated/α-hetero) is 1. The highest BCUT2D eigenvalue weighted by atomic mass is 31.2. The molecule has 0 amide bonds. The Hall–Kier alpha value is -2.83. The molecule has 244 valence electrons. The summed E-state index contributed by atoms with van der Waals surface area (Å²) in [7, 11) is -1.21. The molecule has 0 saturated carbocycles. The van der Waals surface area contributed by atoms with Gasteiger partial charge in [-0.05, 0) is 85.4 Å². The van der Waals surface area contributed by atoms with Crippen LogP contribution in [-0.4, -0.2) is 47.5 Å². The molecule has 0 aliphatic heterocycles. The summed E-state index contributed by atoms with van der Waals surface area (Å²) in [5, 5.41) is 9.54. The molecule has 0 radical (unpaired) electrons. The molecule has 0 saturated heterocycles. The predicted octanol–water partition coefficient (Wildman–Crippen LogP) is 8.24. The molecule has 44 heavy (non-hydrogen) atoms. The summed E-state index contributed by atoms with van der Waals surface area (Å²) >= 11 is 0. The van der Waals surface area contributed by atoms with Crippen molar-refractivity contribution in [3.63, 3.8) is 0 Å². The lowest BCUT2D eigenvalue weighted by atomic mass is 10.0. The maximum absolute atomic E-state index is 12.6. The summed E-state index contributed by atoms with van der Waals surface area (Å²) in [5.41, 5.74) is -0.218. The Balaban J connectivity index is 1.75. The van der Waals surface area contributed by atoms with Gasteiger partial charge in [0.1, 0.15) is 22.7 Å². The number of fused-ring (bicyclic) bond motifs is 1. The van der Waals surface area contributed by atoms with E-state index in [9.17, 15) is 14.4 Å². The van der Waals surface area contributed by atoms with Crippen molar-refractivity contribution in [3.8, 4) is 11.8 Å². The molecule has 11 heteroatoms. The van der Waals surface area contributed by atoms with Crippen molar-refractivity contribution in [1.82, 2.24) is 4.67 Å². The number of carbonyl (C=O) groups is 2. The Labute approximate surface area is 262 Å². The van der Waals surface area contributed by atoms with Gasteiger partial charge in [0, 0.05) is 42.4 Å². The van der Waals surface area contributed by atoms with Gasteiger partial charge in [0.2, 0.25) is 0 Å². The van der Waals surface area contributed by atoms with E-state index in [0.717, 1.165) is 37.7 Å². The molecule has 0 N–H and O–H groups in total. The van der Waals surface area contributed by atoms with Gasteiger partial charge < -0.3 is 22.9 Å². The van der Waals surface area contributed by atoms with Crippen LogP contribution >= 0.6 is 8.53 Å². The van der Waals surface area contributed by atoms with E-state index in [4.69, 9.17) is 28.2 Å². The molecule has 0 spiro atoms. The lowest BCUT2D eigenvalue weighted by Gasteiger charge is -2.35. The third kappa shape index (κ3) is 13.9. The van der Waals surface area contributed by atoms with Gasteiger partial charge in [-0.1, -0.05) is 19.3 Å². The van der Waals surface area contributed by atoms with Crippen LogP contribution in [0, 0.1) is 11.3 Å². The van der Waals surface area contributed by atoms with Gasteiger partial charge in [-0.15, -0.1) is 0 Å². The zero-order chi connectivity index (χ0) is 32.7. The molecule has 1 aromatic heterocycles. The monoisotopic (exact) mass is 632 g/mol. The Morgan fingerprint density at radius 3 is 2.27 bits per heavy atom. The Bertz CT molecular complexity index is 1290. The highest BCUT2D eigenvalue weighted by Gasteiger charge is 2.27. The Kier molecular flexibility index (Phi) is 16.0. The molecule has 2 rings (SSSR count). The largest absolute Gasteiger partial charge is 0.514 e. The highest BCUT2D eigenvalue weighted by molar-refractivity contribution is 7.44. The third-order valence-corrected chi connectivity index (χ3v) is 8.64. The molecular weight excluding hydrogens is 583 g/mol. The van der Waals surface area contributed by atoms with Gasteiger partial charge in [-0.2, -0.15) is 5.26 Å². The molecule has 1 aromatic carbocycles. The van der Waals surface area contributed by atoms with Crippen LogP contribution < -0.4 is 10.4 Å². The first-order chi connectivity index (χ1) is 20.8. The van der Waals surface area contributed by atoms with Gasteiger partial charge >= 0.3 is 11.8 Å². The second kappa shape index (κ2) is 18.9. The number of hydrogen-bond acceptors (Lipinski definition) is 10. The van der Waals surface area contributed by atoms with Gasteiger partial charge in [-0.3, -0.25) is 4.79 Å². The van der Waals surface area contributed by atoms with Crippen molar-refractivity contribution in [3.05, 3.63) is 40.2 Å². The van der Waals surface area contributed by atoms with Crippen LogP contribution in [0.2, 0.25) is 0 Å². The van der Waals surface area contributed by atoms with E-state index in [-0.39, 0.29) is 29.2 Å². The second-order valence-corrected chi connectivity index (χ2v) is 13.7. The van der Waals surface area contributed by atoms with Crippen molar-refractivity contribution in [2.75, 3.05) is 13.2 Å². The van der Waals surface area contributed by atoms with Crippen LogP contribution in [0.25, 0.3) is 11.0 Å². The number of aryl methyl sites for hydroxylation is 1. The molecule has 1 atom stereocenters. The predicted molar refractivity (Wildman–Crippen MR) is 172 cm³/mol. The quantitative estimate of drug-likeness (QED) is 0.0491. The van der Waals surface area contributed by atoms with Crippen molar-refractivity contribution >= 4 is 31.4 Å². The molecule has 1 unspecified atom stereocenters. The number of nitrogens with zero attached hydrogens (tertiary/aromatic N) is 2. The topological polar surface area (TPSA) is 128 Å². The van der Waals surface area contributed by atoms with Crippen molar-refractivity contribution in [2.45, 2.75) is 124 Å². The first kappa shape index (κ1) is 37.4. The van der Waals surface area contributed by atoms with E-state index in [0.29, 0.717) is 44.3 Å². The van der Waals surface area contributed by atoms with Crippen LogP contribution in [0.15, 0.2) is 33.5 Å². The normalized spacial score (nSPS) is 12.6. The summed E-state index contributed by atoms with van der Waals surface area (Å²) in [4.78, 5) is 36.7. The molecular formula is C33H49N2O8P. The van der Waals surface area contributed by atoms with Crippen LogP contribution in [0.3, 0.4) is 0 Å².